The number of nitrogens with zero attached hydrogens (tertiary/aromatic N) is 4. The lowest BCUT2D eigenvalue weighted by atomic mass is 10.2. The van der Waals surface area contributed by atoms with Crippen LogP contribution in [0.2, 0.25) is 0 Å². The molecule has 0 amide bonds. The first-order chi connectivity index (χ1) is 10.1. The number of alkyl halides is 2. The van der Waals surface area contributed by atoms with E-state index in [2.05, 4.69) is 20.6 Å². The van der Waals surface area contributed by atoms with Gasteiger partial charge in [0.1, 0.15) is 11.6 Å². The summed E-state index contributed by atoms with van der Waals surface area (Å²) in [7, 11) is 0. The SMILES string of the molecule is Fc1ccc(CNc2ccc3nnc(C(F)F)n3n2)cc1. The van der Waals surface area contributed by atoms with Crippen molar-refractivity contribution in [2.45, 2.75) is 13.0 Å². The summed E-state index contributed by atoms with van der Waals surface area (Å²) in [5.74, 6) is -0.423. The second-order valence-electron chi connectivity index (χ2n) is 4.33. The Hall–Kier alpha value is -2.64. The van der Waals surface area contributed by atoms with E-state index >= 15 is 0 Å². The summed E-state index contributed by atoms with van der Waals surface area (Å²) in [6, 6.07) is 9.11. The summed E-state index contributed by atoms with van der Waals surface area (Å²) in [5.41, 5.74) is 1.09. The van der Waals surface area contributed by atoms with Gasteiger partial charge in [-0.25, -0.2) is 13.2 Å². The highest BCUT2D eigenvalue weighted by molar-refractivity contribution is 5.44. The Morgan fingerprint density at radius 3 is 2.52 bits per heavy atom. The Labute approximate surface area is 117 Å². The highest BCUT2D eigenvalue weighted by Crippen LogP contribution is 2.17. The molecule has 1 N–H and O–H groups in total. The minimum Gasteiger partial charge on any atom is -0.365 e. The van der Waals surface area contributed by atoms with Crippen LogP contribution in [0.4, 0.5) is 19.0 Å². The van der Waals surface area contributed by atoms with Crippen LogP contribution in [0.5, 0.6) is 0 Å². The quantitative estimate of drug-likeness (QED) is 0.803. The van der Waals surface area contributed by atoms with Gasteiger partial charge in [-0.3, -0.25) is 0 Å². The van der Waals surface area contributed by atoms with Crippen molar-refractivity contribution in [1.29, 1.82) is 0 Å². The summed E-state index contributed by atoms with van der Waals surface area (Å²) in [6.45, 7) is 0.394. The molecule has 5 nitrogen and oxygen atoms in total. The summed E-state index contributed by atoms with van der Waals surface area (Å²) in [4.78, 5) is 0. The van der Waals surface area contributed by atoms with E-state index in [4.69, 9.17) is 0 Å². The first-order valence-corrected chi connectivity index (χ1v) is 6.12. The summed E-state index contributed by atoms with van der Waals surface area (Å²) in [6.07, 6.45) is -2.75. The van der Waals surface area contributed by atoms with Crippen molar-refractivity contribution in [2.24, 2.45) is 0 Å². The minimum absolute atomic E-state index is 0.248. The lowest BCUT2D eigenvalue weighted by molar-refractivity contribution is 0.137. The van der Waals surface area contributed by atoms with Crippen molar-refractivity contribution < 1.29 is 13.2 Å². The molecule has 0 atom stereocenters. The van der Waals surface area contributed by atoms with Crippen LogP contribution in [0.15, 0.2) is 36.4 Å². The van der Waals surface area contributed by atoms with E-state index in [9.17, 15) is 13.2 Å². The average Bonchev–Trinajstić information content (AvgIpc) is 2.90. The molecule has 0 bridgehead atoms. The Morgan fingerprint density at radius 2 is 1.81 bits per heavy atom. The van der Waals surface area contributed by atoms with Gasteiger partial charge in [0.25, 0.3) is 6.43 Å². The van der Waals surface area contributed by atoms with Gasteiger partial charge in [-0.2, -0.15) is 4.52 Å². The van der Waals surface area contributed by atoms with Crippen LogP contribution in [0.3, 0.4) is 0 Å². The molecule has 0 saturated carbocycles. The number of aromatic nitrogens is 4. The molecule has 3 aromatic rings. The fourth-order valence-corrected chi connectivity index (χ4v) is 1.83. The molecule has 0 spiro atoms. The standard InChI is InChI=1S/C13H10F3N5/c14-9-3-1-8(2-4-9)7-17-10-5-6-11-18-19-13(12(15)16)21(11)20-10/h1-6,12H,7H2,(H,17,20). The van der Waals surface area contributed by atoms with Crippen LogP contribution in [0.1, 0.15) is 17.8 Å². The number of nitrogens with one attached hydrogen (secondary N) is 1. The molecule has 21 heavy (non-hydrogen) atoms. The normalized spacial score (nSPS) is 11.2. The number of hydrogen-bond acceptors (Lipinski definition) is 4. The zero-order valence-corrected chi connectivity index (χ0v) is 10.7. The van der Waals surface area contributed by atoms with Gasteiger partial charge in [0, 0.05) is 6.54 Å². The zero-order chi connectivity index (χ0) is 14.8. The number of benzene rings is 1. The summed E-state index contributed by atoms with van der Waals surface area (Å²) >= 11 is 0. The molecule has 2 heterocycles. The van der Waals surface area contributed by atoms with Crippen molar-refractivity contribution in [1.82, 2.24) is 19.8 Å². The molecule has 0 aliphatic heterocycles. The molecule has 0 aliphatic carbocycles. The Morgan fingerprint density at radius 1 is 1.05 bits per heavy atom. The van der Waals surface area contributed by atoms with Crippen molar-refractivity contribution in [3.05, 3.63) is 53.6 Å². The van der Waals surface area contributed by atoms with E-state index in [0.717, 1.165) is 10.1 Å². The molecule has 8 heteroatoms. The van der Waals surface area contributed by atoms with Gasteiger partial charge in [-0.05, 0) is 29.8 Å². The van der Waals surface area contributed by atoms with Gasteiger partial charge in [0.05, 0.1) is 0 Å². The van der Waals surface area contributed by atoms with Crippen molar-refractivity contribution in [3.63, 3.8) is 0 Å². The largest absolute Gasteiger partial charge is 0.365 e. The van der Waals surface area contributed by atoms with Crippen LogP contribution in [0.25, 0.3) is 5.65 Å². The molecule has 3 rings (SSSR count). The molecule has 0 aliphatic rings. The van der Waals surface area contributed by atoms with E-state index in [0.29, 0.717) is 12.4 Å². The summed E-state index contributed by atoms with van der Waals surface area (Å²) in [5, 5.41) is 14.0. The third-order valence-electron chi connectivity index (χ3n) is 2.87. The maximum absolute atomic E-state index is 12.8. The maximum Gasteiger partial charge on any atom is 0.299 e. The van der Waals surface area contributed by atoms with Crippen LogP contribution in [-0.2, 0) is 6.54 Å². The Kier molecular flexibility index (Phi) is 3.43. The first-order valence-electron chi connectivity index (χ1n) is 6.12. The lowest BCUT2D eigenvalue weighted by Crippen LogP contribution is -2.06. The van der Waals surface area contributed by atoms with Crippen molar-refractivity contribution >= 4 is 11.5 Å². The molecular weight excluding hydrogens is 283 g/mol. The second-order valence-corrected chi connectivity index (χ2v) is 4.33. The topological polar surface area (TPSA) is 55.1 Å². The zero-order valence-electron chi connectivity index (χ0n) is 10.7. The minimum atomic E-state index is -2.75. The van der Waals surface area contributed by atoms with Gasteiger partial charge in [-0.1, -0.05) is 12.1 Å². The van der Waals surface area contributed by atoms with E-state index in [1.54, 1.807) is 24.3 Å². The van der Waals surface area contributed by atoms with Crippen LogP contribution in [0, 0.1) is 5.82 Å². The van der Waals surface area contributed by atoms with E-state index in [-0.39, 0.29) is 11.5 Å². The van der Waals surface area contributed by atoms with Crippen molar-refractivity contribution in [3.8, 4) is 0 Å². The predicted octanol–water partition coefficient (Wildman–Crippen LogP) is 2.81. The molecule has 108 valence electrons. The van der Waals surface area contributed by atoms with Crippen LogP contribution in [-0.4, -0.2) is 19.8 Å². The molecule has 1 aromatic carbocycles. The van der Waals surface area contributed by atoms with E-state index < -0.39 is 12.2 Å². The Bertz CT molecular complexity index is 754. The third-order valence-corrected chi connectivity index (χ3v) is 2.87. The predicted molar refractivity (Wildman–Crippen MR) is 69.5 cm³/mol. The number of anilines is 1. The van der Waals surface area contributed by atoms with Gasteiger partial charge in [0.2, 0.25) is 5.82 Å². The molecule has 0 saturated heterocycles. The average molecular weight is 293 g/mol. The van der Waals surface area contributed by atoms with Gasteiger partial charge < -0.3 is 5.32 Å². The van der Waals surface area contributed by atoms with E-state index in [1.807, 2.05) is 0 Å². The molecule has 2 aromatic heterocycles. The van der Waals surface area contributed by atoms with Gasteiger partial charge in [-0.15, -0.1) is 15.3 Å². The smallest absolute Gasteiger partial charge is 0.299 e. The molecule has 0 radical (unpaired) electrons. The highest BCUT2D eigenvalue weighted by Gasteiger charge is 2.16. The number of rotatable bonds is 4. The van der Waals surface area contributed by atoms with Crippen molar-refractivity contribution in [2.75, 3.05) is 5.32 Å². The number of fused-ring (bicyclic) bond motifs is 1. The van der Waals surface area contributed by atoms with Crippen LogP contribution >= 0.6 is 0 Å². The number of halogens is 3. The van der Waals surface area contributed by atoms with E-state index in [1.165, 1.54) is 12.1 Å². The second kappa shape index (κ2) is 5.39. The number of hydrogen-bond donors (Lipinski definition) is 1. The molecular formula is C13H10F3N5. The fourth-order valence-electron chi connectivity index (χ4n) is 1.83. The maximum atomic E-state index is 12.8. The van der Waals surface area contributed by atoms with Crippen LogP contribution < -0.4 is 5.32 Å². The van der Waals surface area contributed by atoms with Gasteiger partial charge >= 0.3 is 0 Å². The lowest BCUT2D eigenvalue weighted by Gasteiger charge is -2.06. The monoisotopic (exact) mass is 293 g/mol. The summed E-state index contributed by atoms with van der Waals surface area (Å²) < 4.78 is 39.2. The molecule has 0 unspecified atom stereocenters. The Balaban J connectivity index is 1.80. The van der Waals surface area contributed by atoms with Gasteiger partial charge in [0.15, 0.2) is 5.65 Å². The third kappa shape index (κ3) is 2.78. The molecule has 0 fully saturated rings. The first kappa shape index (κ1) is 13.3. The fraction of sp³-hybridized carbons (Fsp3) is 0.154. The highest BCUT2D eigenvalue weighted by atomic mass is 19.3.